The summed E-state index contributed by atoms with van der Waals surface area (Å²) in [7, 11) is 0. The van der Waals surface area contributed by atoms with Crippen LogP contribution in [-0.2, 0) is 0 Å². The first kappa shape index (κ1) is 10.6. The molecule has 1 aromatic rings. The van der Waals surface area contributed by atoms with E-state index in [4.69, 9.17) is 5.73 Å². The molecule has 0 atom stereocenters. The fraction of sp³-hybridized carbons (Fsp3) is 0.273. The fourth-order valence-electron chi connectivity index (χ4n) is 1.15. The van der Waals surface area contributed by atoms with Crippen molar-refractivity contribution in [1.29, 1.82) is 0 Å². The molecular weight excluding hydrogens is 179 g/mol. The molecule has 3 N–H and O–H groups in total. The highest BCUT2D eigenvalue weighted by Gasteiger charge is 1.98. The molecule has 3 heteroatoms. The van der Waals surface area contributed by atoms with Gasteiger partial charge in [0.15, 0.2) is 0 Å². The second kappa shape index (κ2) is 5.27. The molecule has 0 aromatic heterocycles. The van der Waals surface area contributed by atoms with Gasteiger partial charge in [-0.25, -0.2) is 4.39 Å². The largest absolute Gasteiger partial charge is 0.397 e. The van der Waals surface area contributed by atoms with Crippen LogP contribution in [0, 0.1) is 5.82 Å². The number of nitrogens with two attached hydrogens (primary N) is 1. The lowest BCUT2D eigenvalue weighted by molar-refractivity contribution is 0.628. The van der Waals surface area contributed by atoms with Crippen LogP contribution >= 0.6 is 0 Å². The van der Waals surface area contributed by atoms with Crippen LogP contribution in [0.25, 0.3) is 0 Å². The molecule has 0 saturated heterocycles. The molecule has 0 amide bonds. The van der Waals surface area contributed by atoms with Gasteiger partial charge in [-0.3, -0.25) is 0 Å². The molecule has 0 aliphatic heterocycles. The second-order valence-electron chi connectivity index (χ2n) is 3.02. The Morgan fingerprint density at radius 2 is 2.29 bits per heavy atom. The van der Waals surface area contributed by atoms with Crippen molar-refractivity contribution in [3.05, 3.63) is 36.2 Å². The van der Waals surface area contributed by atoms with Gasteiger partial charge in [0.2, 0.25) is 0 Å². The number of hydrogen-bond donors (Lipinski definition) is 2. The maximum absolute atomic E-state index is 12.7. The summed E-state index contributed by atoms with van der Waals surface area (Å²) in [4.78, 5) is 0. The summed E-state index contributed by atoms with van der Waals surface area (Å²) in [5, 5.41) is 3.13. The number of hydrogen-bond acceptors (Lipinski definition) is 2. The van der Waals surface area contributed by atoms with E-state index in [0.717, 1.165) is 18.7 Å². The Labute approximate surface area is 83.6 Å². The van der Waals surface area contributed by atoms with Gasteiger partial charge in [0.25, 0.3) is 0 Å². The summed E-state index contributed by atoms with van der Waals surface area (Å²) >= 11 is 0. The summed E-state index contributed by atoms with van der Waals surface area (Å²) < 4.78 is 12.7. The monoisotopic (exact) mass is 194 g/mol. The number of halogens is 1. The van der Waals surface area contributed by atoms with E-state index in [9.17, 15) is 4.39 Å². The average molecular weight is 194 g/mol. The summed E-state index contributed by atoms with van der Waals surface area (Å²) in [6, 6.07) is 4.37. The summed E-state index contributed by atoms with van der Waals surface area (Å²) in [6.45, 7) is 2.78. The number of allylic oxidation sites excluding steroid dienone is 1. The predicted octanol–water partition coefficient (Wildman–Crippen LogP) is 2.79. The van der Waals surface area contributed by atoms with E-state index in [1.54, 1.807) is 6.07 Å². The van der Waals surface area contributed by atoms with Gasteiger partial charge in [0.05, 0.1) is 11.4 Å². The second-order valence-corrected chi connectivity index (χ2v) is 3.02. The number of anilines is 2. The van der Waals surface area contributed by atoms with Gasteiger partial charge in [-0.05, 0) is 31.5 Å². The minimum absolute atomic E-state index is 0.304. The van der Waals surface area contributed by atoms with Crippen LogP contribution in [0.5, 0.6) is 0 Å². The zero-order valence-corrected chi connectivity index (χ0v) is 8.26. The van der Waals surface area contributed by atoms with Crippen LogP contribution in [0.1, 0.15) is 13.3 Å². The van der Waals surface area contributed by atoms with Gasteiger partial charge in [-0.15, -0.1) is 0 Å². The van der Waals surface area contributed by atoms with Gasteiger partial charge < -0.3 is 11.1 Å². The third-order valence-electron chi connectivity index (χ3n) is 1.88. The normalized spacial score (nSPS) is 10.7. The molecule has 0 unspecified atom stereocenters. The summed E-state index contributed by atoms with van der Waals surface area (Å²) in [5.74, 6) is -0.304. The molecule has 76 valence electrons. The van der Waals surface area contributed by atoms with Crippen molar-refractivity contribution in [2.45, 2.75) is 13.3 Å². The molecule has 1 rings (SSSR count). The van der Waals surface area contributed by atoms with Crippen molar-refractivity contribution in [3.63, 3.8) is 0 Å². The predicted molar refractivity (Wildman–Crippen MR) is 58.7 cm³/mol. The zero-order valence-electron chi connectivity index (χ0n) is 8.26. The average Bonchev–Trinajstić information content (AvgIpc) is 2.15. The Balaban J connectivity index is 2.50. The molecule has 14 heavy (non-hydrogen) atoms. The van der Waals surface area contributed by atoms with E-state index in [2.05, 4.69) is 11.4 Å². The van der Waals surface area contributed by atoms with Gasteiger partial charge >= 0.3 is 0 Å². The Morgan fingerprint density at radius 1 is 1.50 bits per heavy atom. The van der Waals surface area contributed by atoms with Crippen molar-refractivity contribution in [2.24, 2.45) is 0 Å². The highest BCUT2D eigenvalue weighted by Crippen LogP contribution is 2.18. The molecule has 0 aliphatic rings. The number of nitrogens with one attached hydrogen (secondary N) is 1. The van der Waals surface area contributed by atoms with Crippen LogP contribution in [-0.4, -0.2) is 6.54 Å². The molecule has 0 heterocycles. The Bertz CT molecular complexity index is 321. The smallest absolute Gasteiger partial charge is 0.125 e. The molecule has 0 spiro atoms. The third kappa shape index (κ3) is 3.09. The molecule has 0 saturated carbocycles. The maximum Gasteiger partial charge on any atom is 0.125 e. The van der Waals surface area contributed by atoms with Gasteiger partial charge in [0.1, 0.15) is 5.82 Å². The van der Waals surface area contributed by atoms with Crippen molar-refractivity contribution in [3.8, 4) is 0 Å². The molecule has 0 fully saturated rings. The first-order valence-corrected chi connectivity index (χ1v) is 4.64. The van der Waals surface area contributed by atoms with Crippen LogP contribution in [0.3, 0.4) is 0 Å². The third-order valence-corrected chi connectivity index (χ3v) is 1.88. The molecule has 0 radical (unpaired) electrons. The standard InChI is InChI=1S/C11H15FN2/c1-2-3-4-7-14-11-6-5-9(12)8-10(11)13/h2-3,5-6,8,14H,4,7,13H2,1H3/b3-2+. The van der Waals surface area contributed by atoms with Crippen LogP contribution in [0.2, 0.25) is 0 Å². The van der Waals surface area contributed by atoms with Gasteiger partial charge in [-0.2, -0.15) is 0 Å². The van der Waals surface area contributed by atoms with Gasteiger partial charge in [0, 0.05) is 6.54 Å². The first-order valence-electron chi connectivity index (χ1n) is 4.64. The first-order chi connectivity index (χ1) is 6.74. The SMILES string of the molecule is C/C=C/CCNc1ccc(F)cc1N. The quantitative estimate of drug-likeness (QED) is 0.439. The van der Waals surface area contributed by atoms with Crippen LogP contribution < -0.4 is 11.1 Å². The van der Waals surface area contributed by atoms with Crippen molar-refractivity contribution in [1.82, 2.24) is 0 Å². The number of benzene rings is 1. The lowest BCUT2D eigenvalue weighted by Gasteiger charge is -2.07. The lowest BCUT2D eigenvalue weighted by atomic mass is 10.2. The van der Waals surface area contributed by atoms with Crippen molar-refractivity contribution in [2.75, 3.05) is 17.6 Å². The number of rotatable bonds is 4. The van der Waals surface area contributed by atoms with Crippen LogP contribution in [0.4, 0.5) is 15.8 Å². The highest BCUT2D eigenvalue weighted by molar-refractivity contribution is 5.65. The molecule has 0 bridgehead atoms. The van der Waals surface area contributed by atoms with E-state index in [1.165, 1.54) is 12.1 Å². The Morgan fingerprint density at radius 3 is 2.93 bits per heavy atom. The maximum atomic E-state index is 12.7. The fourth-order valence-corrected chi connectivity index (χ4v) is 1.15. The highest BCUT2D eigenvalue weighted by atomic mass is 19.1. The van der Waals surface area contributed by atoms with Crippen molar-refractivity contribution < 1.29 is 4.39 Å². The van der Waals surface area contributed by atoms with E-state index in [-0.39, 0.29) is 5.82 Å². The van der Waals surface area contributed by atoms with E-state index < -0.39 is 0 Å². The zero-order chi connectivity index (χ0) is 10.4. The Hall–Kier alpha value is -1.51. The summed E-state index contributed by atoms with van der Waals surface area (Å²) in [5.41, 5.74) is 6.85. The van der Waals surface area contributed by atoms with Crippen LogP contribution in [0.15, 0.2) is 30.4 Å². The molecular formula is C11H15FN2. The van der Waals surface area contributed by atoms with Crippen molar-refractivity contribution >= 4 is 11.4 Å². The lowest BCUT2D eigenvalue weighted by Crippen LogP contribution is -2.03. The molecule has 2 nitrogen and oxygen atoms in total. The van der Waals surface area contributed by atoms with E-state index in [0.29, 0.717) is 5.69 Å². The minimum Gasteiger partial charge on any atom is -0.397 e. The number of nitrogen functional groups attached to an aromatic ring is 1. The molecule has 0 aliphatic carbocycles. The van der Waals surface area contributed by atoms with E-state index in [1.807, 2.05) is 13.0 Å². The topological polar surface area (TPSA) is 38.0 Å². The molecule has 1 aromatic carbocycles. The minimum atomic E-state index is -0.304. The van der Waals surface area contributed by atoms with Gasteiger partial charge in [-0.1, -0.05) is 12.2 Å². The Kier molecular flexibility index (Phi) is 3.98. The summed E-state index contributed by atoms with van der Waals surface area (Å²) in [6.07, 6.45) is 5.00. The van der Waals surface area contributed by atoms with E-state index >= 15 is 0 Å².